The van der Waals surface area contributed by atoms with Crippen LogP contribution in [-0.2, 0) is 13.1 Å². The molecule has 0 atom stereocenters. The van der Waals surface area contributed by atoms with E-state index in [0.29, 0.717) is 22.3 Å². The highest BCUT2D eigenvalue weighted by atomic mass is 35.5. The topological polar surface area (TPSA) is 30.5 Å². The zero-order valence-corrected chi connectivity index (χ0v) is 13.5. The Morgan fingerprint density at radius 2 is 1.67 bits per heavy atom. The SMILES string of the molecule is COc1ccc(CNCc2cc(Cl)cc(Cl)c2OC)cc1. The van der Waals surface area contributed by atoms with Crippen molar-refractivity contribution in [3.63, 3.8) is 0 Å². The van der Waals surface area contributed by atoms with Crippen LogP contribution in [-0.4, -0.2) is 14.2 Å². The third kappa shape index (κ3) is 4.27. The van der Waals surface area contributed by atoms with Crippen molar-refractivity contribution in [2.45, 2.75) is 13.1 Å². The molecule has 0 saturated carbocycles. The summed E-state index contributed by atoms with van der Waals surface area (Å²) in [5.41, 5.74) is 2.10. The highest BCUT2D eigenvalue weighted by Gasteiger charge is 2.09. The summed E-state index contributed by atoms with van der Waals surface area (Å²) in [5.74, 6) is 1.50. The van der Waals surface area contributed by atoms with E-state index in [0.717, 1.165) is 17.9 Å². The summed E-state index contributed by atoms with van der Waals surface area (Å²) in [4.78, 5) is 0. The summed E-state index contributed by atoms with van der Waals surface area (Å²) in [6.07, 6.45) is 0. The fourth-order valence-electron chi connectivity index (χ4n) is 2.06. The molecule has 0 radical (unpaired) electrons. The first-order valence-corrected chi connectivity index (χ1v) is 7.25. The van der Waals surface area contributed by atoms with Gasteiger partial charge in [0.05, 0.1) is 19.2 Å². The van der Waals surface area contributed by atoms with E-state index in [1.165, 1.54) is 5.56 Å². The molecular formula is C16H17Cl2NO2. The Balaban J connectivity index is 1.99. The molecule has 0 saturated heterocycles. The average Bonchev–Trinajstić information content (AvgIpc) is 2.47. The normalized spacial score (nSPS) is 10.5. The van der Waals surface area contributed by atoms with E-state index in [-0.39, 0.29) is 0 Å². The summed E-state index contributed by atoms with van der Waals surface area (Å²) in [5, 5.41) is 4.47. The number of hydrogen-bond acceptors (Lipinski definition) is 3. The van der Waals surface area contributed by atoms with Gasteiger partial charge in [0.15, 0.2) is 0 Å². The molecule has 112 valence electrons. The number of hydrogen-bond donors (Lipinski definition) is 1. The van der Waals surface area contributed by atoms with Crippen LogP contribution in [0.5, 0.6) is 11.5 Å². The van der Waals surface area contributed by atoms with Crippen molar-refractivity contribution in [1.29, 1.82) is 0 Å². The maximum Gasteiger partial charge on any atom is 0.142 e. The molecule has 0 spiro atoms. The lowest BCUT2D eigenvalue weighted by molar-refractivity contribution is 0.408. The molecule has 2 rings (SSSR count). The third-order valence-electron chi connectivity index (χ3n) is 3.09. The summed E-state index contributed by atoms with van der Waals surface area (Å²) in [6, 6.07) is 11.5. The van der Waals surface area contributed by atoms with Crippen LogP contribution in [0.2, 0.25) is 10.0 Å². The molecule has 0 aromatic heterocycles. The van der Waals surface area contributed by atoms with Crippen LogP contribution in [0.15, 0.2) is 36.4 Å². The minimum Gasteiger partial charge on any atom is -0.497 e. The second kappa shape index (κ2) is 7.55. The first-order valence-electron chi connectivity index (χ1n) is 6.49. The summed E-state index contributed by atoms with van der Waals surface area (Å²) in [6.45, 7) is 1.35. The first-order chi connectivity index (χ1) is 10.1. The lowest BCUT2D eigenvalue weighted by Gasteiger charge is -2.12. The van der Waals surface area contributed by atoms with Crippen molar-refractivity contribution in [3.05, 3.63) is 57.6 Å². The Bertz CT molecular complexity index is 600. The van der Waals surface area contributed by atoms with Gasteiger partial charge < -0.3 is 14.8 Å². The molecule has 21 heavy (non-hydrogen) atoms. The Labute approximate surface area is 134 Å². The van der Waals surface area contributed by atoms with Crippen molar-refractivity contribution in [2.24, 2.45) is 0 Å². The largest absolute Gasteiger partial charge is 0.497 e. The van der Waals surface area contributed by atoms with E-state index in [4.69, 9.17) is 32.7 Å². The van der Waals surface area contributed by atoms with Crippen LogP contribution >= 0.6 is 23.2 Å². The Hall–Kier alpha value is -1.42. The van der Waals surface area contributed by atoms with Gasteiger partial charge in [-0.15, -0.1) is 0 Å². The molecule has 3 nitrogen and oxygen atoms in total. The molecule has 0 aliphatic rings. The van der Waals surface area contributed by atoms with Crippen LogP contribution in [0.3, 0.4) is 0 Å². The van der Waals surface area contributed by atoms with Crippen LogP contribution in [0.25, 0.3) is 0 Å². The Morgan fingerprint density at radius 3 is 2.29 bits per heavy atom. The van der Waals surface area contributed by atoms with Crippen LogP contribution in [0, 0.1) is 0 Å². The minimum absolute atomic E-state index is 0.520. The monoisotopic (exact) mass is 325 g/mol. The average molecular weight is 326 g/mol. The van der Waals surface area contributed by atoms with Crippen molar-refractivity contribution < 1.29 is 9.47 Å². The molecule has 2 aromatic carbocycles. The molecule has 0 heterocycles. The lowest BCUT2D eigenvalue weighted by atomic mass is 10.1. The number of ether oxygens (including phenoxy) is 2. The van der Waals surface area contributed by atoms with Gasteiger partial charge in [0.2, 0.25) is 0 Å². The second-order valence-corrected chi connectivity index (χ2v) is 5.38. The van der Waals surface area contributed by atoms with Gasteiger partial charge in [-0.05, 0) is 29.8 Å². The minimum atomic E-state index is 0.520. The Kier molecular flexibility index (Phi) is 5.74. The molecule has 0 unspecified atom stereocenters. The van der Waals surface area contributed by atoms with E-state index in [9.17, 15) is 0 Å². The molecule has 0 amide bonds. The second-order valence-electron chi connectivity index (χ2n) is 4.53. The third-order valence-corrected chi connectivity index (χ3v) is 3.59. The van der Waals surface area contributed by atoms with E-state index < -0.39 is 0 Å². The molecule has 0 aliphatic heterocycles. The van der Waals surface area contributed by atoms with Crippen molar-refractivity contribution in [2.75, 3.05) is 14.2 Å². The van der Waals surface area contributed by atoms with Crippen LogP contribution in [0.1, 0.15) is 11.1 Å². The fraction of sp³-hybridized carbons (Fsp3) is 0.250. The van der Waals surface area contributed by atoms with Gasteiger partial charge in [-0.3, -0.25) is 0 Å². The summed E-state index contributed by atoms with van der Waals surface area (Å²) < 4.78 is 10.5. The molecule has 5 heteroatoms. The maximum atomic E-state index is 6.11. The fourth-order valence-corrected chi connectivity index (χ4v) is 2.67. The zero-order valence-electron chi connectivity index (χ0n) is 12.0. The molecule has 2 aromatic rings. The van der Waals surface area contributed by atoms with E-state index >= 15 is 0 Å². The smallest absolute Gasteiger partial charge is 0.142 e. The summed E-state index contributed by atoms with van der Waals surface area (Å²) in [7, 11) is 3.25. The number of rotatable bonds is 6. The zero-order chi connectivity index (χ0) is 15.2. The van der Waals surface area contributed by atoms with Gasteiger partial charge in [0.25, 0.3) is 0 Å². The van der Waals surface area contributed by atoms with Crippen molar-refractivity contribution in [3.8, 4) is 11.5 Å². The van der Waals surface area contributed by atoms with Gasteiger partial charge in [0.1, 0.15) is 11.5 Å². The molecular weight excluding hydrogens is 309 g/mol. The quantitative estimate of drug-likeness (QED) is 0.858. The van der Waals surface area contributed by atoms with E-state index in [1.807, 2.05) is 30.3 Å². The van der Waals surface area contributed by atoms with Gasteiger partial charge in [0, 0.05) is 23.7 Å². The van der Waals surface area contributed by atoms with Gasteiger partial charge in [-0.2, -0.15) is 0 Å². The summed E-state index contributed by atoms with van der Waals surface area (Å²) >= 11 is 12.1. The molecule has 0 fully saturated rings. The van der Waals surface area contributed by atoms with Gasteiger partial charge in [-0.25, -0.2) is 0 Å². The number of nitrogens with one attached hydrogen (secondary N) is 1. The highest BCUT2D eigenvalue weighted by molar-refractivity contribution is 6.35. The van der Waals surface area contributed by atoms with Crippen molar-refractivity contribution >= 4 is 23.2 Å². The van der Waals surface area contributed by atoms with E-state index in [2.05, 4.69) is 5.32 Å². The van der Waals surface area contributed by atoms with Gasteiger partial charge in [-0.1, -0.05) is 35.3 Å². The maximum absolute atomic E-state index is 6.11. The molecule has 0 aliphatic carbocycles. The number of methoxy groups -OCH3 is 2. The van der Waals surface area contributed by atoms with Gasteiger partial charge >= 0.3 is 0 Å². The molecule has 1 N–H and O–H groups in total. The standard InChI is InChI=1S/C16H17Cl2NO2/c1-20-14-5-3-11(4-6-14)9-19-10-12-7-13(17)8-15(18)16(12)21-2/h3-8,19H,9-10H2,1-2H3. The van der Waals surface area contributed by atoms with Crippen molar-refractivity contribution in [1.82, 2.24) is 5.32 Å². The Morgan fingerprint density at radius 1 is 0.952 bits per heavy atom. The van der Waals surface area contributed by atoms with Crippen LogP contribution < -0.4 is 14.8 Å². The van der Waals surface area contributed by atoms with Crippen LogP contribution in [0.4, 0.5) is 0 Å². The van der Waals surface area contributed by atoms with E-state index in [1.54, 1.807) is 20.3 Å². The highest BCUT2D eigenvalue weighted by Crippen LogP contribution is 2.32. The predicted molar refractivity (Wildman–Crippen MR) is 86.6 cm³/mol. The number of halogens is 2. The first kappa shape index (κ1) is 16.0. The molecule has 0 bridgehead atoms. The predicted octanol–water partition coefficient (Wildman–Crippen LogP) is 4.30. The lowest BCUT2D eigenvalue weighted by Crippen LogP contribution is -2.13. The number of benzene rings is 2.